The third kappa shape index (κ3) is 8.66. The molecule has 0 aliphatic rings. The van der Waals surface area contributed by atoms with E-state index in [1.165, 1.54) is 6.20 Å². The maximum atomic E-state index is 12.5. The van der Waals surface area contributed by atoms with Crippen molar-refractivity contribution in [3.05, 3.63) is 167 Å². The molecule has 5 heteroatoms. The fourth-order valence-corrected chi connectivity index (χ4v) is 7.61. The fourth-order valence-electron chi connectivity index (χ4n) is 7.61. The zero-order valence-electron chi connectivity index (χ0n) is 46.0. The molecule has 2 aromatic heterocycles. The summed E-state index contributed by atoms with van der Waals surface area (Å²) in [5, 5.41) is 12.5. The van der Waals surface area contributed by atoms with Gasteiger partial charge in [0.25, 0.3) is 0 Å². The molecule has 0 bridgehead atoms. The van der Waals surface area contributed by atoms with Gasteiger partial charge in [0.1, 0.15) is 11.6 Å². The molecule has 0 fully saturated rings. The standard InChI is InChI=1S/C56H56N3O.Pt/c1-35-20-23-37(24-21-35)39-26-27-57-48(32-39)41-29-40(30-42(31-41)54(3,4)5)44-18-15-19-50-51(44)58-53(46-33-43(55(6,7)8)34-47(52(46)60)56(9,10)11)59(50)49-25-22-36(2)28-45(49)38-16-13-12-14-17-38;/h12-28,30-34,60H,1-11H3;/q-1;/i1D3,2D3,20D,21D,23D,24D;. The minimum Gasteiger partial charge on any atom is -0.507 e. The van der Waals surface area contributed by atoms with Gasteiger partial charge in [0.2, 0.25) is 0 Å². The SMILES string of the molecule is [2H]c1c([2H])c(C([2H])([2H])[2H])c([2H])c([2H])c1-c1ccnc(-c2[c-]c(-c3cccc4c3nc(-c3cc(C(C)(C)C)cc(C(C)(C)C)c3O)n4-c3ccc(C([2H])([2H])[2H])cc3-c3ccccc3)cc(C(C)(C)C)c2)c1.[Pt]. The summed E-state index contributed by atoms with van der Waals surface area (Å²) < 4.78 is 85.7. The summed E-state index contributed by atoms with van der Waals surface area (Å²) in [5.74, 6) is 0.532. The van der Waals surface area contributed by atoms with Crippen LogP contribution in [-0.2, 0) is 37.3 Å². The Hall–Kier alpha value is -5.57. The Bertz CT molecular complexity index is 3330. The molecule has 2 heterocycles. The summed E-state index contributed by atoms with van der Waals surface area (Å²) in [6.07, 6.45) is 1.52. The van der Waals surface area contributed by atoms with Crippen molar-refractivity contribution in [1.82, 2.24) is 14.5 Å². The molecule has 0 atom stereocenters. The predicted octanol–water partition coefficient (Wildman–Crippen LogP) is 14.8. The number of nitrogens with zero attached hydrogens (tertiary/aromatic N) is 3. The zero-order valence-corrected chi connectivity index (χ0v) is 38.3. The second-order valence-electron chi connectivity index (χ2n) is 18.6. The van der Waals surface area contributed by atoms with Gasteiger partial charge >= 0.3 is 0 Å². The molecule has 0 aliphatic carbocycles. The summed E-state index contributed by atoms with van der Waals surface area (Å²) in [4.78, 5) is 10.2. The Morgan fingerprint density at radius 3 is 1.97 bits per heavy atom. The average Bonchev–Trinajstić information content (AvgIpc) is 3.66. The van der Waals surface area contributed by atoms with Crippen LogP contribution in [0.25, 0.3) is 72.7 Å². The Balaban J connectivity index is 0.00000741. The smallest absolute Gasteiger partial charge is 0.148 e. The van der Waals surface area contributed by atoms with Crippen molar-refractivity contribution < 1.29 is 39.9 Å². The van der Waals surface area contributed by atoms with Crippen LogP contribution in [0.2, 0.25) is 0 Å². The molecular formula is C56H56N3OPt-. The first-order valence-corrected chi connectivity index (χ1v) is 20.2. The summed E-state index contributed by atoms with van der Waals surface area (Å²) in [6.45, 7) is 13.6. The monoisotopic (exact) mass is 991 g/mol. The first kappa shape index (κ1) is 32.2. The van der Waals surface area contributed by atoms with E-state index < -0.39 is 48.9 Å². The minimum atomic E-state index is -2.85. The van der Waals surface area contributed by atoms with Crippen LogP contribution in [0.1, 0.15) is 104 Å². The first-order chi connectivity index (χ1) is 32.5. The quantitative estimate of drug-likeness (QED) is 0.169. The summed E-state index contributed by atoms with van der Waals surface area (Å²) in [7, 11) is 0. The van der Waals surface area contributed by atoms with Crippen LogP contribution >= 0.6 is 0 Å². The van der Waals surface area contributed by atoms with Crippen molar-refractivity contribution in [2.24, 2.45) is 0 Å². The molecule has 8 rings (SSSR count). The molecule has 8 aromatic rings. The number of aromatic hydroxyl groups is 1. The van der Waals surface area contributed by atoms with Gasteiger partial charge in [-0.1, -0.05) is 169 Å². The molecule has 61 heavy (non-hydrogen) atoms. The van der Waals surface area contributed by atoms with Crippen LogP contribution in [0.5, 0.6) is 5.75 Å². The molecule has 1 N–H and O–H groups in total. The van der Waals surface area contributed by atoms with E-state index in [1.807, 2.05) is 71.3 Å². The number of pyridine rings is 1. The number of hydrogen-bond acceptors (Lipinski definition) is 3. The van der Waals surface area contributed by atoms with Crippen LogP contribution in [0.3, 0.4) is 0 Å². The summed E-state index contributed by atoms with van der Waals surface area (Å²) in [5.41, 5.74) is 7.63. The normalized spacial score (nSPS) is 14.9. The van der Waals surface area contributed by atoms with Crippen molar-refractivity contribution >= 4 is 11.0 Å². The Labute approximate surface area is 391 Å². The van der Waals surface area contributed by atoms with Gasteiger partial charge in [0.05, 0.1) is 27.8 Å². The van der Waals surface area contributed by atoms with E-state index in [2.05, 4.69) is 80.5 Å². The second kappa shape index (κ2) is 16.4. The molecule has 6 aromatic carbocycles. The van der Waals surface area contributed by atoms with E-state index in [0.29, 0.717) is 61.6 Å². The molecule has 0 saturated carbocycles. The Morgan fingerprint density at radius 2 is 1.30 bits per heavy atom. The van der Waals surface area contributed by atoms with Crippen LogP contribution in [-0.4, -0.2) is 19.6 Å². The number of aromatic nitrogens is 3. The maximum absolute atomic E-state index is 12.5. The van der Waals surface area contributed by atoms with Gasteiger partial charge in [-0.3, -0.25) is 9.55 Å². The minimum absolute atomic E-state index is 0. The van der Waals surface area contributed by atoms with Crippen LogP contribution < -0.4 is 0 Å². The van der Waals surface area contributed by atoms with Crippen molar-refractivity contribution in [3.8, 4) is 67.5 Å². The van der Waals surface area contributed by atoms with E-state index in [4.69, 9.17) is 23.7 Å². The van der Waals surface area contributed by atoms with Gasteiger partial charge in [-0.25, -0.2) is 4.98 Å². The number of hydrogen-bond donors (Lipinski definition) is 1. The van der Waals surface area contributed by atoms with E-state index >= 15 is 0 Å². The van der Waals surface area contributed by atoms with Gasteiger partial charge in [0.15, 0.2) is 0 Å². The molecule has 0 amide bonds. The number of aryl methyl sites for hydroxylation is 1. The molecule has 0 unspecified atom stereocenters. The molecule has 0 aliphatic heterocycles. The maximum Gasteiger partial charge on any atom is 0.148 e. The first-order valence-electron chi connectivity index (χ1n) is 25.2. The molecule has 0 saturated heterocycles. The molecule has 312 valence electrons. The molecule has 0 spiro atoms. The molecular weight excluding hydrogens is 926 g/mol. The predicted molar refractivity (Wildman–Crippen MR) is 252 cm³/mol. The van der Waals surface area contributed by atoms with Crippen molar-refractivity contribution in [2.75, 3.05) is 0 Å². The molecule has 0 radical (unpaired) electrons. The zero-order chi connectivity index (χ0) is 51.2. The van der Waals surface area contributed by atoms with Crippen molar-refractivity contribution in [2.45, 2.75) is 92.3 Å². The second-order valence-corrected chi connectivity index (χ2v) is 18.6. The van der Waals surface area contributed by atoms with E-state index in [0.717, 1.165) is 22.3 Å². The number of rotatable bonds is 6. The van der Waals surface area contributed by atoms with Crippen LogP contribution in [0.4, 0.5) is 0 Å². The topological polar surface area (TPSA) is 50.9 Å². The summed E-state index contributed by atoms with van der Waals surface area (Å²) in [6, 6.07) is 33.4. The fraction of sp³-hybridized carbons (Fsp3) is 0.250. The number of phenolic OH excluding ortho intramolecular Hbond substituents is 1. The van der Waals surface area contributed by atoms with E-state index in [-0.39, 0.29) is 48.8 Å². The Kier molecular flexibility index (Phi) is 8.64. The van der Waals surface area contributed by atoms with Gasteiger partial charge in [0, 0.05) is 52.3 Å². The van der Waals surface area contributed by atoms with Crippen LogP contribution in [0.15, 0.2) is 133 Å². The largest absolute Gasteiger partial charge is 0.507 e. The van der Waals surface area contributed by atoms with Crippen LogP contribution in [0, 0.1) is 19.8 Å². The third-order valence-corrected chi connectivity index (χ3v) is 11.0. The summed E-state index contributed by atoms with van der Waals surface area (Å²) >= 11 is 0. The van der Waals surface area contributed by atoms with E-state index in [1.54, 1.807) is 24.3 Å². The number of para-hydroxylation sites is 1. The average molecular weight is 992 g/mol. The van der Waals surface area contributed by atoms with E-state index in [9.17, 15) is 5.11 Å². The van der Waals surface area contributed by atoms with Gasteiger partial charge in [-0.2, -0.15) is 0 Å². The van der Waals surface area contributed by atoms with Gasteiger partial charge in [-0.15, -0.1) is 29.3 Å². The van der Waals surface area contributed by atoms with Crippen molar-refractivity contribution in [3.63, 3.8) is 0 Å². The van der Waals surface area contributed by atoms with Crippen molar-refractivity contribution in [1.29, 1.82) is 0 Å². The number of imidazole rings is 1. The number of fused-ring (bicyclic) bond motifs is 1. The molecule has 4 nitrogen and oxygen atoms in total. The number of benzene rings is 6. The van der Waals surface area contributed by atoms with Gasteiger partial charge < -0.3 is 5.11 Å². The number of phenols is 1. The van der Waals surface area contributed by atoms with Gasteiger partial charge in [-0.05, 0) is 82.5 Å². The third-order valence-electron chi connectivity index (χ3n) is 11.0. The Morgan fingerprint density at radius 1 is 0.607 bits per heavy atom.